The van der Waals surface area contributed by atoms with Gasteiger partial charge in [0, 0.05) is 6.54 Å². The monoisotopic (exact) mass is 262 g/mol. The van der Waals surface area contributed by atoms with Crippen LogP contribution < -0.4 is 10.5 Å². The number of hydrogen-bond acceptors (Lipinski definition) is 3. The second kappa shape index (κ2) is 7.51. The molecule has 0 radical (unpaired) electrons. The molecule has 0 aliphatic carbocycles. The molecule has 0 unspecified atom stereocenters. The molecule has 3 heteroatoms. The molecule has 0 bridgehead atoms. The van der Waals surface area contributed by atoms with Crippen LogP contribution in [0.3, 0.4) is 0 Å². The van der Waals surface area contributed by atoms with Gasteiger partial charge in [-0.05, 0) is 69.4 Å². The third-order valence-corrected chi connectivity index (χ3v) is 3.92. The molecule has 0 aromatic heterocycles. The van der Waals surface area contributed by atoms with Gasteiger partial charge in [0.1, 0.15) is 5.75 Å². The molecular weight excluding hydrogens is 236 g/mol. The lowest BCUT2D eigenvalue weighted by Crippen LogP contribution is -2.37. The molecule has 0 atom stereocenters. The molecule has 106 valence electrons. The molecule has 1 aliphatic heterocycles. The summed E-state index contributed by atoms with van der Waals surface area (Å²) in [5.41, 5.74) is 6.96. The maximum absolute atomic E-state index is 5.77. The topological polar surface area (TPSA) is 38.5 Å². The minimum atomic E-state index is 0.750. The van der Waals surface area contributed by atoms with Crippen LogP contribution >= 0.6 is 0 Å². The largest absolute Gasteiger partial charge is 0.494 e. The molecular formula is C16H26N2O. The number of ether oxygens (including phenoxy) is 1. The van der Waals surface area contributed by atoms with Crippen molar-refractivity contribution in [1.82, 2.24) is 4.90 Å². The Morgan fingerprint density at radius 3 is 2.79 bits per heavy atom. The fourth-order valence-electron chi connectivity index (χ4n) is 2.63. The first-order chi connectivity index (χ1) is 9.28. The fourth-order valence-corrected chi connectivity index (χ4v) is 2.63. The maximum atomic E-state index is 5.77. The summed E-state index contributed by atoms with van der Waals surface area (Å²) in [4.78, 5) is 2.53. The van der Waals surface area contributed by atoms with Crippen molar-refractivity contribution in [3.05, 3.63) is 29.8 Å². The summed E-state index contributed by atoms with van der Waals surface area (Å²) in [6.45, 7) is 7.29. The highest BCUT2D eigenvalue weighted by Crippen LogP contribution is 2.16. The van der Waals surface area contributed by atoms with E-state index in [2.05, 4.69) is 24.0 Å². The number of nitrogens with zero attached hydrogens (tertiary/aromatic N) is 1. The summed E-state index contributed by atoms with van der Waals surface area (Å²) in [5, 5.41) is 0. The Labute approximate surface area is 116 Å². The standard InChI is InChI=1S/C16H26N2O/c1-14-4-2-5-16(12-14)19-11-3-8-18-9-6-15(13-17)7-10-18/h2,4-5,12,15H,3,6-11,13,17H2,1H3. The molecule has 1 fully saturated rings. The van der Waals surface area contributed by atoms with Gasteiger partial charge in [-0.15, -0.1) is 0 Å². The van der Waals surface area contributed by atoms with E-state index in [9.17, 15) is 0 Å². The smallest absolute Gasteiger partial charge is 0.119 e. The van der Waals surface area contributed by atoms with Gasteiger partial charge in [-0.3, -0.25) is 0 Å². The summed E-state index contributed by atoms with van der Waals surface area (Å²) in [7, 11) is 0. The first-order valence-electron chi connectivity index (χ1n) is 7.40. The molecule has 0 amide bonds. The minimum absolute atomic E-state index is 0.750. The van der Waals surface area contributed by atoms with Crippen LogP contribution in [0.4, 0.5) is 0 Å². The molecule has 1 saturated heterocycles. The van der Waals surface area contributed by atoms with E-state index in [-0.39, 0.29) is 0 Å². The van der Waals surface area contributed by atoms with Crippen LogP contribution in [0.15, 0.2) is 24.3 Å². The predicted molar refractivity (Wildman–Crippen MR) is 79.5 cm³/mol. The van der Waals surface area contributed by atoms with E-state index in [0.717, 1.165) is 37.8 Å². The van der Waals surface area contributed by atoms with Crippen molar-refractivity contribution in [1.29, 1.82) is 0 Å². The zero-order chi connectivity index (χ0) is 13.5. The number of aryl methyl sites for hydroxylation is 1. The third-order valence-electron chi connectivity index (χ3n) is 3.92. The molecule has 2 rings (SSSR count). The number of piperidine rings is 1. The van der Waals surface area contributed by atoms with Crippen LogP contribution in [-0.4, -0.2) is 37.7 Å². The van der Waals surface area contributed by atoms with Crippen molar-refractivity contribution in [3.8, 4) is 5.75 Å². The Bertz CT molecular complexity index is 373. The summed E-state index contributed by atoms with van der Waals surface area (Å²) >= 11 is 0. The molecule has 1 aliphatic rings. The Balaban J connectivity index is 1.60. The van der Waals surface area contributed by atoms with E-state index >= 15 is 0 Å². The van der Waals surface area contributed by atoms with Gasteiger partial charge in [-0.1, -0.05) is 12.1 Å². The normalized spacial score (nSPS) is 17.6. The molecule has 0 spiro atoms. The molecule has 1 aromatic carbocycles. The molecule has 1 aromatic rings. The van der Waals surface area contributed by atoms with Crippen molar-refractivity contribution in [3.63, 3.8) is 0 Å². The van der Waals surface area contributed by atoms with E-state index in [1.807, 2.05) is 12.1 Å². The number of likely N-dealkylation sites (tertiary alicyclic amines) is 1. The average Bonchev–Trinajstić information content (AvgIpc) is 2.44. The predicted octanol–water partition coefficient (Wildman–Crippen LogP) is 2.43. The molecule has 2 N–H and O–H groups in total. The van der Waals surface area contributed by atoms with Crippen LogP contribution in [0.2, 0.25) is 0 Å². The van der Waals surface area contributed by atoms with Gasteiger partial charge in [0.2, 0.25) is 0 Å². The van der Waals surface area contributed by atoms with Gasteiger partial charge in [0.25, 0.3) is 0 Å². The SMILES string of the molecule is Cc1cccc(OCCCN2CCC(CN)CC2)c1. The van der Waals surface area contributed by atoms with Crippen molar-refractivity contribution >= 4 is 0 Å². The van der Waals surface area contributed by atoms with Gasteiger partial charge >= 0.3 is 0 Å². The van der Waals surface area contributed by atoms with Crippen molar-refractivity contribution < 1.29 is 4.74 Å². The van der Waals surface area contributed by atoms with Crippen molar-refractivity contribution in [2.75, 3.05) is 32.8 Å². The van der Waals surface area contributed by atoms with Crippen LogP contribution in [0, 0.1) is 12.8 Å². The molecule has 19 heavy (non-hydrogen) atoms. The Morgan fingerprint density at radius 1 is 1.32 bits per heavy atom. The zero-order valence-electron chi connectivity index (χ0n) is 12.0. The van der Waals surface area contributed by atoms with Crippen molar-refractivity contribution in [2.24, 2.45) is 11.7 Å². The van der Waals surface area contributed by atoms with Crippen LogP contribution in [-0.2, 0) is 0 Å². The number of nitrogens with two attached hydrogens (primary N) is 1. The average molecular weight is 262 g/mol. The Hall–Kier alpha value is -1.06. The second-order valence-electron chi connectivity index (χ2n) is 5.54. The quantitative estimate of drug-likeness (QED) is 0.800. The molecule has 0 saturated carbocycles. The number of hydrogen-bond donors (Lipinski definition) is 1. The molecule has 3 nitrogen and oxygen atoms in total. The lowest BCUT2D eigenvalue weighted by Gasteiger charge is -2.31. The second-order valence-corrected chi connectivity index (χ2v) is 5.54. The van der Waals surface area contributed by atoms with Gasteiger partial charge in [0.05, 0.1) is 6.61 Å². The van der Waals surface area contributed by atoms with E-state index in [0.29, 0.717) is 0 Å². The van der Waals surface area contributed by atoms with Gasteiger partial charge in [-0.2, -0.15) is 0 Å². The van der Waals surface area contributed by atoms with E-state index in [1.165, 1.54) is 31.5 Å². The zero-order valence-corrected chi connectivity index (χ0v) is 12.0. The lowest BCUT2D eigenvalue weighted by atomic mass is 9.97. The summed E-state index contributed by atoms with van der Waals surface area (Å²) in [5.74, 6) is 1.74. The third kappa shape index (κ3) is 4.84. The fraction of sp³-hybridized carbons (Fsp3) is 0.625. The van der Waals surface area contributed by atoms with E-state index < -0.39 is 0 Å². The van der Waals surface area contributed by atoms with Crippen LogP contribution in [0.25, 0.3) is 0 Å². The first kappa shape index (κ1) is 14.4. The van der Waals surface area contributed by atoms with E-state index in [4.69, 9.17) is 10.5 Å². The number of benzene rings is 1. The summed E-state index contributed by atoms with van der Waals surface area (Å²) in [6, 6.07) is 8.25. The summed E-state index contributed by atoms with van der Waals surface area (Å²) in [6.07, 6.45) is 3.62. The Kier molecular flexibility index (Phi) is 5.67. The maximum Gasteiger partial charge on any atom is 0.119 e. The van der Waals surface area contributed by atoms with Crippen molar-refractivity contribution in [2.45, 2.75) is 26.2 Å². The van der Waals surface area contributed by atoms with Gasteiger partial charge < -0.3 is 15.4 Å². The first-order valence-corrected chi connectivity index (χ1v) is 7.40. The van der Waals surface area contributed by atoms with Crippen LogP contribution in [0.1, 0.15) is 24.8 Å². The highest BCUT2D eigenvalue weighted by atomic mass is 16.5. The van der Waals surface area contributed by atoms with E-state index in [1.54, 1.807) is 0 Å². The Morgan fingerprint density at radius 2 is 2.11 bits per heavy atom. The number of rotatable bonds is 6. The summed E-state index contributed by atoms with van der Waals surface area (Å²) < 4.78 is 5.77. The highest BCUT2D eigenvalue weighted by Gasteiger charge is 2.17. The highest BCUT2D eigenvalue weighted by molar-refractivity contribution is 5.27. The van der Waals surface area contributed by atoms with Gasteiger partial charge in [-0.25, -0.2) is 0 Å². The lowest BCUT2D eigenvalue weighted by molar-refractivity contribution is 0.173. The van der Waals surface area contributed by atoms with Gasteiger partial charge in [0.15, 0.2) is 0 Å². The van der Waals surface area contributed by atoms with Crippen LogP contribution in [0.5, 0.6) is 5.75 Å². The minimum Gasteiger partial charge on any atom is -0.494 e. The molecule has 1 heterocycles.